The van der Waals surface area contributed by atoms with Crippen molar-refractivity contribution in [1.82, 2.24) is 0 Å². The summed E-state index contributed by atoms with van der Waals surface area (Å²) in [5, 5.41) is 11.2. The Morgan fingerprint density at radius 2 is 1.55 bits per heavy atom. The average Bonchev–Trinajstić information content (AvgIpc) is 3.01. The summed E-state index contributed by atoms with van der Waals surface area (Å²) in [4.78, 5) is 12.5. The number of aliphatic hydroxyl groups is 1. The maximum atomic E-state index is 12.5. The summed E-state index contributed by atoms with van der Waals surface area (Å²) < 4.78 is 5.46. The molecule has 1 aliphatic rings. The molecule has 96 valence electrons. The molecule has 0 fully saturated rings. The van der Waals surface area contributed by atoms with Crippen LogP contribution in [0.4, 0.5) is 0 Å². The number of para-hydroxylation sites is 1. The Balaban J connectivity index is 2.01. The van der Waals surface area contributed by atoms with E-state index in [-0.39, 0.29) is 11.5 Å². The highest BCUT2D eigenvalue weighted by atomic mass is 16.3. The summed E-state index contributed by atoms with van der Waals surface area (Å²) in [6.07, 6.45) is 1.53. The second-order valence-corrected chi connectivity index (χ2v) is 4.74. The molecule has 1 N–H and O–H groups in total. The molecular formula is C17H10O3. The zero-order valence-corrected chi connectivity index (χ0v) is 10.5. The molecule has 0 saturated carbocycles. The Bertz CT molecular complexity index is 884. The molecule has 0 unspecified atom stereocenters. The third kappa shape index (κ3) is 1.32. The fraction of sp³-hybridized carbons (Fsp3) is 0. The van der Waals surface area contributed by atoms with E-state index in [0.717, 1.165) is 5.39 Å². The Hall–Kier alpha value is -2.81. The van der Waals surface area contributed by atoms with Gasteiger partial charge in [0.05, 0.1) is 11.8 Å². The number of benzene rings is 2. The van der Waals surface area contributed by atoms with Crippen molar-refractivity contribution in [3.63, 3.8) is 0 Å². The lowest BCUT2D eigenvalue weighted by molar-refractivity contribution is 0.105. The van der Waals surface area contributed by atoms with Crippen molar-refractivity contribution >= 4 is 28.1 Å². The third-order valence-electron chi connectivity index (χ3n) is 3.64. The van der Waals surface area contributed by atoms with Crippen LogP contribution in [0, 0.1) is 0 Å². The first-order valence-electron chi connectivity index (χ1n) is 6.31. The summed E-state index contributed by atoms with van der Waals surface area (Å²) >= 11 is 0. The van der Waals surface area contributed by atoms with Gasteiger partial charge in [0, 0.05) is 22.1 Å². The van der Waals surface area contributed by atoms with Crippen LogP contribution in [0.5, 0.6) is 0 Å². The van der Waals surface area contributed by atoms with Gasteiger partial charge in [0.1, 0.15) is 11.3 Å². The van der Waals surface area contributed by atoms with Gasteiger partial charge in [0.2, 0.25) is 0 Å². The molecule has 0 atom stereocenters. The van der Waals surface area contributed by atoms with E-state index in [1.807, 2.05) is 24.3 Å². The molecule has 0 amide bonds. The second-order valence-electron chi connectivity index (χ2n) is 4.74. The van der Waals surface area contributed by atoms with Crippen molar-refractivity contribution in [2.24, 2.45) is 0 Å². The largest absolute Gasteiger partial charge is 0.506 e. The van der Waals surface area contributed by atoms with Crippen LogP contribution in [0.3, 0.4) is 0 Å². The number of hydrogen-bond acceptors (Lipinski definition) is 3. The average molecular weight is 262 g/mol. The standard InChI is InChI=1S/C17H10O3/c18-16-11-6-1-2-7-12(11)17(19)15(16)13-9-20-14-8-4-3-5-10(13)14/h1-9,18H. The predicted molar refractivity (Wildman–Crippen MR) is 76.4 cm³/mol. The van der Waals surface area contributed by atoms with Crippen LogP contribution in [0.1, 0.15) is 21.5 Å². The van der Waals surface area contributed by atoms with Crippen LogP contribution in [0.15, 0.2) is 59.2 Å². The number of rotatable bonds is 1. The van der Waals surface area contributed by atoms with E-state index in [4.69, 9.17) is 4.42 Å². The minimum Gasteiger partial charge on any atom is -0.506 e. The van der Waals surface area contributed by atoms with E-state index in [9.17, 15) is 9.90 Å². The highest BCUT2D eigenvalue weighted by molar-refractivity contribution is 6.40. The number of fused-ring (bicyclic) bond motifs is 2. The van der Waals surface area contributed by atoms with E-state index >= 15 is 0 Å². The molecule has 1 aliphatic carbocycles. The summed E-state index contributed by atoms with van der Waals surface area (Å²) in [6.45, 7) is 0. The number of hydrogen-bond donors (Lipinski definition) is 1. The van der Waals surface area contributed by atoms with Crippen molar-refractivity contribution in [1.29, 1.82) is 0 Å². The third-order valence-corrected chi connectivity index (χ3v) is 3.64. The van der Waals surface area contributed by atoms with Crippen molar-refractivity contribution in [3.05, 3.63) is 71.5 Å². The zero-order chi connectivity index (χ0) is 13.7. The molecule has 0 bridgehead atoms. The Morgan fingerprint density at radius 3 is 2.35 bits per heavy atom. The Morgan fingerprint density at radius 1 is 0.850 bits per heavy atom. The maximum absolute atomic E-state index is 12.5. The summed E-state index contributed by atoms with van der Waals surface area (Å²) in [7, 11) is 0. The topological polar surface area (TPSA) is 50.4 Å². The van der Waals surface area contributed by atoms with E-state index in [1.54, 1.807) is 24.3 Å². The number of carbonyl (C=O) groups is 1. The number of ketones is 1. The van der Waals surface area contributed by atoms with E-state index < -0.39 is 0 Å². The molecule has 0 saturated heterocycles. The van der Waals surface area contributed by atoms with E-state index in [0.29, 0.717) is 27.8 Å². The van der Waals surface area contributed by atoms with Crippen molar-refractivity contribution < 1.29 is 14.3 Å². The van der Waals surface area contributed by atoms with Gasteiger partial charge in [-0.05, 0) is 6.07 Å². The minimum absolute atomic E-state index is 0.0251. The normalized spacial score (nSPS) is 14.1. The number of aliphatic hydroxyl groups excluding tert-OH is 1. The lowest BCUT2D eigenvalue weighted by Gasteiger charge is -1.98. The summed E-state index contributed by atoms with van der Waals surface area (Å²) in [6, 6.07) is 14.5. The zero-order valence-electron chi connectivity index (χ0n) is 10.5. The highest BCUT2D eigenvalue weighted by Crippen LogP contribution is 2.39. The molecular weight excluding hydrogens is 252 g/mol. The quantitative estimate of drug-likeness (QED) is 0.719. The second kappa shape index (κ2) is 3.84. The molecule has 20 heavy (non-hydrogen) atoms. The van der Waals surface area contributed by atoms with Crippen LogP contribution in [-0.4, -0.2) is 10.9 Å². The van der Waals surface area contributed by atoms with Crippen molar-refractivity contribution in [2.75, 3.05) is 0 Å². The summed E-state index contributed by atoms with van der Waals surface area (Å²) in [5.74, 6) is -0.137. The van der Waals surface area contributed by atoms with Gasteiger partial charge >= 0.3 is 0 Å². The Kier molecular flexibility index (Phi) is 2.12. The molecule has 0 spiro atoms. The fourth-order valence-corrected chi connectivity index (χ4v) is 2.69. The van der Waals surface area contributed by atoms with E-state index in [2.05, 4.69) is 0 Å². The molecule has 1 heterocycles. The first-order valence-corrected chi connectivity index (χ1v) is 6.31. The van der Waals surface area contributed by atoms with Crippen LogP contribution in [0.2, 0.25) is 0 Å². The Labute approximate surface area is 114 Å². The van der Waals surface area contributed by atoms with Gasteiger partial charge in [-0.15, -0.1) is 0 Å². The molecule has 3 aromatic rings. The monoisotopic (exact) mass is 262 g/mol. The molecule has 2 aromatic carbocycles. The van der Waals surface area contributed by atoms with Crippen LogP contribution in [0.25, 0.3) is 22.3 Å². The number of allylic oxidation sites excluding steroid dienone is 1. The van der Waals surface area contributed by atoms with Crippen LogP contribution in [-0.2, 0) is 0 Å². The van der Waals surface area contributed by atoms with Crippen molar-refractivity contribution in [2.45, 2.75) is 0 Å². The molecule has 1 aromatic heterocycles. The van der Waals surface area contributed by atoms with E-state index in [1.165, 1.54) is 6.26 Å². The number of Topliss-reactive ketones (excluding diaryl/α,β-unsaturated/α-hetero) is 1. The van der Waals surface area contributed by atoms with Gasteiger partial charge in [0.25, 0.3) is 0 Å². The first-order chi connectivity index (χ1) is 9.77. The van der Waals surface area contributed by atoms with Gasteiger partial charge in [-0.1, -0.05) is 42.5 Å². The van der Waals surface area contributed by atoms with Gasteiger partial charge in [-0.2, -0.15) is 0 Å². The summed E-state index contributed by atoms with van der Waals surface area (Å²) in [5.41, 5.74) is 2.77. The fourth-order valence-electron chi connectivity index (χ4n) is 2.69. The van der Waals surface area contributed by atoms with Gasteiger partial charge in [-0.25, -0.2) is 0 Å². The van der Waals surface area contributed by atoms with Gasteiger partial charge in [-0.3, -0.25) is 4.79 Å². The predicted octanol–water partition coefficient (Wildman–Crippen LogP) is 4.06. The first kappa shape index (κ1) is 11.1. The molecule has 4 rings (SSSR count). The molecule has 0 aliphatic heterocycles. The smallest absolute Gasteiger partial charge is 0.198 e. The molecule has 0 radical (unpaired) electrons. The maximum Gasteiger partial charge on any atom is 0.198 e. The number of carbonyl (C=O) groups excluding carboxylic acids is 1. The van der Waals surface area contributed by atoms with Crippen LogP contribution >= 0.6 is 0 Å². The highest BCUT2D eigenvalue weighted by Gasteiger charge is 2.31. The molecule has 3 heteroatoms. The number of furan rings is 1. The molecule has 3 nitrogen and oxygen atoms in total. The van der Waals surface area contributed by atoms with Crippen molar-refractivity contribution in [3.8, 4) is 0 Å². The SMILES string of the molecule is O=C1C(c2coc3ccccc23)=C(O)c2ccccc21. The lowest BCUT2D eigenvalue weighted by atomic mass is 10.0. The van der Waals surface area contributed by atoms with Crippen LogP contribution < -0.4 is 0 Å². The van der Waals surface area contributed by atoms with Gasteiger partial charge < -0.3 is 9.52 Å². The lowest BCUT2D eigenvalue weighted by Crippen LogP contribution is -1.97. The minimum atomic E-state index is -0.162. The van der Waals surface area contributed by atoms with Gasteiger partial charge in [0.15, 0.2) is 5.78 Å².